The topological polar surface area (TPSA) is 43.7 Å². The van der Waals surface area contributed by atoms with E-state index in [2.05, 4.69) is 57.9 Å². The molecular weight excluding hydrogens is 382 g/mol. The van der Waals surface area contributed by atoms with Gasteiger partial charge in [-0.2, -0.15) is 0 Å². The number of rotatable bonds is 2. The van der Waals surface area contributed by atoms with Crippen molar-refractivity contribution in [1.29, 1.82) is 0 Å². The Morgan fingerprint density at radius 1 is 1.19 bits per heavy atom. The van der Waals surface area contributed by atoms with Crippen LogP contribution in [0.2, 0.25) is 0 Å². The van der Waals surface area contributed by atoms with Gasteiger partial charge in [0.15, 0.2) is 0 Å². The molecule has 3 nitrogen and oxygen atoms in total. The summed E-state index contributed by atoms with van der Waals surface area (Å²) in [5.41, 5.74) is 7.83. The zero-order valence-corrected chi connectivity index (χ0v) is 20.1. The molecule has 8 atom stereocenters. The lowest BCUT2D eigenvalue weighted by Gasteiger charge is -2.48. The number of allylic oxidation sites excluding steroid dienone is 1. The zero-order chi connectivity index (χ0) is 22.1. The van der Waals surface area contributed by atoms with Crippen molar-refractivity contribution in [3.05, 3.63) is 46.0 Å². The molecule has 4 aliphatic rings. The van der Waals surface area contributed by atoms with Gasteiger partial charge in [0.2, 0.25) is 0 Å². The fourth-order valence-corrected chi connectivity index (χ4v) is 8.10. The predicted octanol–water partition coefficient (Wildman–Crippen LogP) is 4.94. The Morgan fingerprint density at radius 2 is 1.97 bits per heavy atom. The summed E-state index contributed by atoms with van der Waals surface area (Å²) in [4.78, 5) is 2.39. The van der Waals surface area contributed by atoms with Gasteiger partial charge in [0.05, 0.1) is 12.2 Å². The van der Waals surface area contributed by atoms with E-state index in [1.807, 2.05) is 0 Å². The Labute approximate surface area is 188 Å². The highest BCUT2D eigenvalue weighted by atomic mass is 16.3. The van der Waals surface area contributed by atoms with Gasteiger partial charge in [-0.15, -0.1) is 0 Å². The van der Waals surface area contributed by atoms with Crippen LogP contribution in [-0.4, -0.2) is 47.0 Å². The maximum Gasteiger partial charge on any atom is 0.0704 e. The van der Waals surface area contributed by atoms with Gasteiger partial charge in [-0.05, 0) is 104 Å². The monoisotopic (exact) mass is 423 g/mol. The minimum atomic E-state index is -0.252. The first-order valence-corrected chi connectivity index (χ1v) is 12.6. The van der Waals surface area contributed by atoms with Gasteiger partial charge in [0.1, 0.15) is 0 Å². The lowest BCUT2D eigenvalue weighted by molar-refractivity contribution is -0.00763. The van der Waals surface area contributed by atoms with Crippen molar-refractivity contribution in [3.8, 4) is 0 Å². The van der Waals surface area contributed by atoms with Gasteiger partial charge < -0.3 is 10.2 Å². The molecule has 5 rings (SSSR count). The molecule has 3 aliphatic carbocycles. The molecule has 1 saturated heterocycles. The van der Waals surface area contributed by atoms with Gasteiger partial charge in [0.25, 0.3) is 0 Å². The Balaban J connectivity index is 1.45. The van der Waals surface area contributed by atoms with Crippen molar-refractivity contribution in [1.82, 2.24) is 4.90 Å². The van der Waals surface area contributed by atoms with Crippen LogP contribution < -0.4 is 0 Å². The molecule has 0 amide bonds. The molecule has 1 aromatic rings. The SMILES string of the molecule is Cc1c([C@H](C)[C@H]2[C@H](O)C[C@H](C)CN2C)ccc2c1C[C@H]1[C@H]2CC=C2C[C@@H](O)CC[C@@]21C. The lowest BCUT2D eigenvalue weighted by Crippen LogP contribution is -2.51. The first-order valence-electron chi connectivity index (χ1n) is 12.6. The zero-order valence-electron chi connectivity index (χ0n) is 20.1. The van der Waals surface area contributed by atoms with Crippen molar-refractivity contribution in [3.63, 3.8) is 0 Å². The minimum Gasteiger partial charge on any atom is -0.393 e. The van der Waals surface area contributed by atoms with Gasteiger partial charge in [0, 0.05) is 12.6 Å². The summed E-state index contributed by atoms with van der Waals surface area (Å²) in [7, 11) is 2.18. The molecule has 0 spiro atoms. The van der Waals surface area contributed by atoms with Crippen LogP contribution >= 0.6 is 0 Å². The number of benzene rings is 1. The van der Waals surface area contributed by atoms with E-state index < -0.39 is 0 Å². The Bertz CT molecular complexity index is 879. The van der Waals surface area contributed by atoms with E-state index in [9.17, 15) is 10.2 Å². The van der Waals surface area contributed by atoms with E-state index >= 15 is 0 Å². The third-order valence-electron chi connectivity index (χ3n) is 9.76. The van der Waals surface area contributed by atoms with Gasteiger partial charge in [-0.1, -0.05) is 44.6 Å². The molecule has 170 valence electrons. The summed E-state index contributed by atoms with van der Waals surface area (Å²) in [6.45, 7) is 10.4. The van der Waals surface area contributed by atoms with Crippen molar-refractivity contribution in [2.24, 2.45) is 17.3 Å². The normalized spacial score (nSPS) is 41.2. The number of likely N-dealkylation sites (tertiary alicyclic amines) is 1. The van der Waals surface area contributed by atoms with Crippen LogP contribution in [0.4, 0.5) is 0 Å². The fraction of sp³-hybridized carbons (Fsp3) is 0.714. The maximum absolute atomic E-state index is 10.9. The number of piperidine rings is 1. The highest BCUT2D eigenvalue weighted by Gasteiger charge is 2.50. The van der Waals surface area contributed by atoms with E-state index in [4.69, 9.17) is 0 Å². The van der Waals surface area contributed by atoms with Crippen LogP contribution in [0.5, 0.6) is 0 Å². The summed E-state index contributed by atoms with van der Waals surface area (Å²) < 4.78 is 0. The third-order valence-corrected chi connectivity index (χ3v) is 9.76. The molecule has 0 bridgehead atoms. The Morgan fingerprint density at radius 3 is 2.71 bits per heavy atom. The Hall–Kier alpha value is -1.16. The van der Waals surface area contributed by atoms with Crippen molar-refractivity contribution in [2.75, 3.05) is 13.6 Å². The summed E-state index contributed by atoms with van der Waals surface area (Å²) in [6, 6.07) is 5.00. The summed E-state index contributed by atoms with van der Waals surface area (Å²) in [5, 5.41) is 21.1. The number of aliphatic hydroxyl groups is 2. The van der Waals surface area contributed by atoms with Crippen molar-refractivity contribution >= 4 is 0 Å². The lowest BCUT2D eigenvalue weighted by atomic mass is 9.57. The number of fused-ring (bicyclic) bond motifs is 5. The van der Waals surface area contributed by atoms with Gasteiger partial charge in [-0.25, -0.2) is 0 Å². The van der Waals surface area contributed by atoms with Crippen LogP contribution in [-0.2, 0) is 6.42 Å². The van der Waals surface area contributed by atoms with Crippen LogP contribution in [0.15, 0.2) is 23.8 Å². The molecule has 0 unspecified atom stereocenters. The average Bonchev–Trinajstić information content (AvgIpc) is 3.09. The second kappa shape index (κ2) is 7.71. The van der Waals surface area contributed by atoms with Crippen LogP contribution in [0.3, 0.4) is 0 Å². The predicted molar refractivity (Wildman–Crippen MR) is 126 cm³/mol. The molecule has 2 N–H and O–H groups in total. The molecule has 1 saturated carbocycles. The molecular formula is C28H41NO2. The second-order valence-corrected chi connectivity index (χ2v) is 11.7. The molecule has 0 radical (unpaired) electrons. The summed E-state index contributed by atoms with van der Waals surface area (Å²) in [5.74, 6) is 2.19. The highest BCUT2D eigenvalue weighted by Crippen LogP contribution is 2.60. The van der Waals surface area contributed by atoms with Crippen LogP contribution in [0.1, 0.15) is 87.0 Å². The molecule has 1 aromatic carbocycles. The number of nitrogens with zero attached hydrogens (tertiary/aromatic N) is 1. The minimum absolute atomic E-state index is 0.143. The van der Waals surface area contributed by atoms with E-state index in [1.54, 1.807) is 11.1 Å². The molecule has 1 heterocycles. The maximum atomic E-state index is 10.9. The first kappa shape index (κ1) is 21.7. The summed E-state index contributed by atoms with van der Waals surface area (Å²) >= 11 is 0. The van der Waals surface area contributed by atoms with Crippen LogP contribution in [0, 0.1) is 24.2 Å². The van der Waals surface area contributed by atoms with E-state index in [-0.39, 0.29) is 23.7 Å². The number of hydrogen-bond donors (Lipinski definition) is 2. The van der Waals surface area contributed by atoms with Crippen molar-refractivity contribution in [2.45, 2.75) is 96.3 Å². The number of aliphatic hydroxyl groups excluding tert-OH is 2. The molecule has 3 heteroatoms. The summed E-state index contributed by atoms with van der Waals surface area (Å²) in [6.07, 6.45) is 8.23. The Kier molecular flexibility index (Phi) is 5.39. The number of likely N-dealkylation sites (N-methyl/N-ethyl adjacent to an activating group) is 1. The quantitative estimate of drug-likeness (QED) is 0.663. The molecule has 0 aromatic heterocycles. The fourth-order valence-electron chi connectivity index (χ4n) is 8.10. The van der Waals surface area contributed by atoms with Crippen molar-refractivity contribution < 1.29 is 10.2 Å². The molecule has 1 aliphatic heterocycles. The number of hydrogen-bond acceptors (Lipinski definition) is 3. The second-order valence-electron chi connectivity index (χ2n) is 11.7. The van der Waals surface area contributed by atoms with E-state index in [0.29, 0.717) is 23.7 Å². The molecule has 31 heavy (non-hydrogen) atoms. The van der Waals surface area contributed by atoms with Gasteiger partial charge in [-0.3, -0.25) is 4.90 Å². The largest absolute Gasteiger partial charge is 0.393 e. The van der Waals surface area contributed by atoms with Crippen LogP contribution in [0.25, 0.3) is 0 Å². The first-order chi connectivity index (χ1) is 14.7. The smallest absolute Gasteiger partial charge is 0.0704 e. The van der Waals surface area contributed by atoms with Gasteiger partial charge >= 0.3 is 0 Å². The van der Waals surface area contributed by atoms with E-state index in [0.717, 1.165) is 38.6 Å². The third kappa shape index (κ3) is 3.34. The standard InChI is InChI=1S/C28H41NO2/c1-16-12-26(31)27(29(5)15-16)18(3)21-8-9-22-23-7-6-19-13-20(30)10-11-28(19,4)25(23)14-24(22)17(21)2/h6,8-9,16,18,20,23,25-27,30-31H,7,10-15H2,1-5H3/t16-,18-,20-,23-,25-,26+,27-,28-/m0/s1. The average molecular weight is 424 g/mol. The molecule has 2 fully saturated rings. The van der Waals surface area contributed by atoms with E-state index in [1.165, 1.54) is 23.1 Å². The highest BCUT2D eigenvalue weighted by molar-refractivity contribution is 5.50.